The van der Waals surface area contributed by atoms with Gasteiger partial charge in [-0.1, -0.05) is 6.92 Å². The Hall–Kier alpha value is -1.39. The molecule has 2 heterocycles. The number of furan rings is 1. The van der Waals surface area contributed by atoms with Gasteiger partial charge in [-0.15, -0.1) is 0 Å². The van der Waals surface area contributed by atoms with Crippen molar-refractivity contribution in [3.8, 4) is 0 Å². The Labute approximate surface area is 104 Å². The predicted octanol–water partition coefficient (Wildman–Crippen LogP) is 3.17. The molecule has 1 N–H and O–H groups in total. The second kappa shape index (κ2) is 5.29. The Morgan fingerprint density at radius 1 is 1.53 bits per heavy atom. The third-order valence-electron chi connectivity index (χ3n) is 2.42. The van der Waals surface area contributed by atoms with Crippen LogP contribution in [0, 0.1) is 5.82 Å². The molecule has 3 nitrogen and oxygen atoms in total. The number of halogens is 2. The third kappa shape index (κ3) is 2.65. The molecular formula is C12H12ClFN2O. The number of pyridine rings is 1. The highest BCUT2D eigenvalue weighted by Crippen LogP contribution is 2.28. The lowest BCUT2D eigenvalue weighted by molar-refractivity contribution is 0.552. The van der Waals surface area contributed by atoms with Gasteiger partial charge >= 0.3 is 0 Å². The Bertz CT molecular complexity index is 501. The van der Waals surface area contributed by atoms with E-state index in [1.54, 1.807) is 12.3 Å². The first-order valence-electron chi connectivity index (χ1n) is 5.29. The van der Waals surface area contributed by atoms with Crippen molar-refractivity contribution in [2.75, 3.05) is 6.54 Å². The van der Waals surface area contributed by atoms with Crippen molar-refractivity contribution >= 4 is 11.6 Å². The van der Waals surface area contributed by atoms with Crippen LogP contribution >= 0.6 is 11.6 Å². The van der Waals surface area contributed by atoms with Crippen molar-refractivity contribution in [3.63, 3.8) is 0 Å². The standard InChI is InChI=1S/C12H12ClFN2O/c1-2-16-11(10-3-4-17-12(10)13)8-5-9(14)7-15-6-8/h3-7,11,16H,2H2,1H3. The molecule has 2 aromatic rings. The number of rotatable bonds is 4. The number of hydrogen-bond donors (Lipinski definition) is 1. The molecule has 0 spiro atoms. The average molecular weight is 255 g/mol. The molecule has 2 rings (SSSR count). The van der Waals surface area contributed by atoms with Crippen LogP contribution in [0.5, 0.6) is 0 Å². The van der Waals surface area contributed by atoms with E-state index in [1.807, 2.05) is 6.92 Å². The molecule has 0 fully saturated rings. The zero-order valence-corrected chi connectivity index (χ0v) is 10.0. The number of hydrogen-bond acceptors (Lipinski definition) is 3. The van der Waals surface area contributed by atoms with E-state index in [9.17, 15) is 4.39 Å². The van der Waals surface area contributed by atoms with Gasteiger partial charge in [0, 0.05) is 11.8 Å². The van der Waals surface area contributed by atoms with Gasteiger partial charge in [-0.3, -0.25) is 4.98 Å². The van der Waals surface area contributed by atoms with Crippen LogP contribution in [-0.2, 0) is 0 Å². The van der Waals surface area contributed by atoms with Crippen molar-refractivity contribution in [2.45, 2.75) is 13.0 Å². The van der Waals surface area contributed by atoms with E-state index in [-0.39, 0.29) is 11.9 Å². The summed E-state index contributed by atoms with van der Waals surface area (Å²) in [5.74, 6) is -0.370. The maximum absolute atomic E-state index is 13.2. The minimum absolute atomic E-state index is 0.213. The van der Waals surface area contributed by atoms with Gasteiger partial charge in [0.05, 0.1) is 18.5 Å². The smallest absolute Gasteiger partial charge is 0.198 e. The molecule has 17 heavy (non-hydrogen) atoms. The summed E-state index contributed by atoms with van der Waals surface area (Å²) >= 11 is 5.94. The molecule has 0 aliphatic rings. The monoisotopic (exact) mass is 254 g/mol. The second-order valence-electron chi connectivity index (χ2n) is 3.58. The van der Waals surface area contributed by atoms with Crippen molar-refractivity contribution in [3.05, 3.63) is 53.0 Å². The molecule has 0 aliphatic carbocycles. The third-order valence-corrected chi connectivity index (χ3v) is 2.73. The fourth-order valence-electron chi connectivity index (χ4n) is 1.71. The summed E-state index contributed by atoms with van der Waals surface area (Å²) in [5.41, 5.74) is 1.50. The summed E-state index contributed by atoms with van der Waals surface area (Å²) in [6, 6.07) is 2.99. The topological polar surface area (TPSA) is 38.1 Å². The zero-order valence-electron chi connectivity index (χ0n) is 9.28. The molecule has 0 amide bonds. The number of nitrogens with one attached hydrogen (secondary N) is 1. The summed E-state index contributed by atoms with van der Waals surface area (Å²) in [5, 5.41) is 3.52. The number of nitrogens with zero attached hydrogens (tertiary/aromatic N) is 1. The zero-order chi connectivity index (χ0) is 12.3. The average Bonchev–Trinajstić information content (AvgIpc) is 2.72. The minimum atomic E-state index is -0.370. The van der Waals surface area contributed by atoms with E-state index in [0.717, 1.165) is 17.7 Å². The van der Waals surface area contributed by atoms with Gasteiger partial charge in [-0.05, 0) is 35.8 Å². The van der Waals surface area contributed by atoms with E-state index in [1.165, 1.54) is 18.5 Å². The largest absolute Gasteiger partial charge is 0.453 e. The molecular weight excluding hydrogens is 243 g/mol. The van der Waals surface area contributed by atoms with Crippen LogP contribution in [-0.4, -0.2) is 11.5 Å². The first-order chi connectivity index (χ1) is 8.22. The molecule has 0 saturated heterocycles. The summed E-state index contributed by atoms with van der Waals surface area (Å²) in [6.45, 7) is 2.69. The van der Waals surface area contributed by atoms with Gasteiger partial charge in [-0.25, -0.2) is 4.39 Å². The molecule has 0 bridgehead atoms. The lowest BCUT2D eigenvalue weighted by Crippen LogP contribution is -2.22. The highest BCUT2D eigenvalue weighted by molar-refractivity contribution is 6.29. The van der Waals surface area contributed by atoms with Gasteiger partial charge < -0.3 is 9.73 Å². The fraction of sp³-hybridized carbons (Fsp3) is 0.250. The summed E-state index contributed by atoms with van der Waals surface area (Å²) in [4.78, 5) is 3.84. The highest BCUT2D eigenvalue weighted by atomic mass is 35.5. The van der Waals surface area contributed by atoms with Crippen LogP contribution in [0.3, 0.4) is 0 Å². The molecule has 0 radical (unpaired) electrons. The van der Waals surface area contributed by atoms with Gasteiger partial charge in [0.15, 0.2) is 5.22 Å². The summed E-state index contributed by atoms with van der Waals surface area (Å²) in [7, 11) is 0. The van der Waals surface area contributed by atoms with E-state index in [4.69, 9.17) is 16.0 Å². The molecule has 90 valence electrons. The normalized spacial score (nSPS) is 12.6. The predicted molar refractivity (Wildman–Crippen MR) is 63.4 cm³/mol. The number of aromatic nitrogens is 1. The lowest BCUT2D eigenvalue weighted by atomic mass is 10.0. The van der Waals surface area contributed by atoms with Crippen LogP contribution in [0.15, 0.2) is 35.2 Å². The SMILES string of the molecule is CCNC(c1cncc(F)c1)c1ccoc1Cl. The quantitative estimate of drug-likeness (QED) is 0.911. The van der Waals surface area contributed by atoms with E-state index < -0.39 is 0 Å². The summed E-state index contributed by atoms with van der Waals surface area (Å²) < 4.78 is 18.2. The van der Waals surface area contributed by atoms with E-state index >= 15 is 0 Å². The van der Waals surface area contributed by atoms with Gasteiger partial charge in [0.25, 0.3) is 0 Å². The lowest BCUT2D eigenvalue weighted by Gasteiger charge is -2.16. The van der Waals surface area contributed by atoms with Crippen LogP contribution in [0.4, 0.5) is 4.39 Å². The van der Waals surface area contributed by atoms with E-state index in [2.05, 4.69) is 10.3 Å². The Balaban J connectivity index is 2.39. The molecule has 0 aliphatic heterocycles. The van der Waals surface area contributed by atoms with E-state index in [0.29, 0.717) is 5.22 Å². The Kier molecular flexibility index (Phi) is 3.76. The maximum Gasteiger partial charge on any atom is 0.198 e. The molecule has 0 aromatic carbocycles. The first-order valence-corrected chi connectivity index (χ1v) is 5.67. The molecule has 1 unspecified atom stereocenters. The summed E-state index contributed by atoms with van der Waals surface area (Å²) in [6.07, 6.45) is 4.29. The minimum Gasteiger partial charge on any atom is -0.453 e. The second-order valence-corrected chi connectivity index (χ2v) is 3.92. The van der Waals surface area contributed by atoms with Crippen LogP contribution < -0.4 is 5.32 Å². The van der Waals surface area contributed by atoms with Crippen molar-refractivity contribution in [1.29, 1.82) is 0 Å². The molecule has 2 aromatic heterocycles. The molecule has 1 atom stereocenters. The van der Waals surface area contributed by atoms with Crippen molar-refractivity contribution in [2.24, 2.45) is 0 Å². The molecule has 5 heteroatoms. The Morgan fingerprint density at radius 2 is 2.35 bits per heavy atom. The van der Waals surface area contributed by atoms with Gasteiger partial charge in [-0.2, -0.15) is 0 Å². The maximum atomic E-state index is 13.2. The highest BCUT2D eigenvalue weighted by Gasteiger charge is 2.18. The van der Waals surface area contributed by atoms with Crippen molar-refractivity contribution < 1.29 is 8.81 Å². The Morgan fingerprint density at radius 3 is 2.94 bits per heavy atom. The first kappa shape index (κ1) is 12.1. The molecule has 0 saturated carbocycles. The van der Waals surface area contributed by atoms with Crippen molar-refractivity contribution in [1.82, 2.24) is 10.3 Å². The van der Waals surface area contributed by atoms with Crippen LogP contribution in [0.25, 0.3) is 0 Å². The van der Waals surface area contributed by atoms with Crippen LogP contribution in [0.1, 0.15) is 24.1 Å². The van der Waals surface area contributed by atoms with Gasteiger partial charge in [0.1, 0.15) is 5.82 Å². The van der Waals surface area contributed by atoms with Gasteiger partial charge in [0.2, 0.25) is 0 Å². The fourth-order valence-corrected chi connectivity index (χ4v) is 1.93. The van der Waals surface area contributed by atoms with Crippen LogP contribution in [0.2, 0.25) is 5.22 Å².